The van der Waals surface area contributed by atoms with Crippen molar-refractivity contribution < 1.29 is 0 Å². The molecule has 85 heavy (non-hydrogen) atoms. The molecule has 15 rings (SSSR count). The Kier molecular flexibility index (Phi) is 13.1. The first-order valence-electron chi connectivity index (χ1n) is 28.5. The summed E-state index contributed by atoms with van der Waals surface area (Å²) in [6, 6.07) is 108. The Labute approximate surface area is 492 Å². The molecule has 15 aromatic rings. The van der Waals surface area contributed by atoms with Crippen molar-refractivity contribution in [3.63, 3.8) is 0 Å². The van der Waals surface area contributed by atoms with E-state index in [1.54, 1.807) is 0 Å². The van der Waals surface area contributed by atoms with E-state index in [1.807, 2.05) is 78.9 Å². The first-order valence-corrected chi connectivity index (χ1v) is 28.5. The first-order chi connectivity index (χ1) is 42.1. The van der Waals surface area contributed by atoms with Gasteiger partial charge in [0.25, 0.3) is 0 Å². The fourth-order valence-corrected chi connectivity index (χ4v) is 11.4. The van der Waals surface area contributed by atoms with Crippen molar-refractivity contribution in [3.05, 3.63) is 309 Å². The van der Waals surface area contributed by atoms with E-state index in [1.165, 1.54) is 0 Å². The summed E-state index contributed by atoms with van der Waals surface area (Å²) in [5.74, 6) is 3.65. The zero-order chi connectivity index (χ0) is 56.5. The molecular weight excluding hydrogens is 1030 g/mol. The molecule has 12 aromatic carbocycles. The van der Waals surface area contributed by atoms with Crippen LogP contribution in [-0.4, -0.2) is 34.5 Å². The summed E-state index contributed by atoms with van der Waals surface area (Å²) < 4.78 is 2.36. The lowest BCUT2D eigenvalue weighted by Gasteiger charge is -2.13. The second-order valence-electron chi connectivity index (χ2n) is 21.1. The van der Waals surface area contributed by atoms with Crippen LogP contribution in [-0.2, 0) is 0 Å². The minimum absolute atomic E-state index is 0.590. The Hall–Kier alpha value is -11.5. The van der Waals surface area contributed by atoms with Crippen molar-refractivity contribution in [1.82, 2.24) is 34.5 Å². The highest BCUT2D eigenvalue weighted by Crippen LogP contribution is 2.40. The average Bonchev–Trinajstić information content (AvgIpc) is 1.93. The van der Waals surface area contributed by atoms with E-state index < -0.39 is 0 Å². The minimum Gasteiger partial charge on any atom is -0.309 e. The molecule has 398 valence electrons. The fourth-order valence-electron chi connectivity index (χ4n) is 11.4. The highest BCUT2D eigenvalue weighted by atomic mass is 15.0. The smallest absolute Gasteiger partial charge is 0.164 e. The summed E-state index contributed by atoms with van der Waals surface area (Å²) in [5.41, 5.74) is 19.8. The van der Waals surface area contributed by atoms with E-state index in [4.69, 9.17) is 29.9 Å². The number of para-hydroxylation sites is 1. The van der Waals surface area contributed by atoms with Crippen LogP contribution in [0.3, 0.4) is 0 Å². The molecule has 0 spiro atoms. The molecule has 0 atom stereocenters. The van der Waals surface area contributed by atoms with Gasteiger partial charge in [0.05, 0.1) is 11.0 Å². The molecule has 7 nitrogen and oxygen atoms in total. The van der Waals surface area contributed by atoms with E-state index >= 15 is 0 Å². The van der Waals surface area contributed by atoms with Crippen LogP contribution in [0.1, 0.15) is 0 Å². The van der Waals surface area contributed by atoms with Gasteiger partial charge in [-0.05, 0) is 128 Å². The van der Waals surface area contributed by atoms with E-state index in [9.17, 15) is 0 Å². The van der Waals surface area contributed by atoms with Crippen molar-refractivity contribution in [2.75, 3.05) is 0 Å². The van der Waals surface area contributed by atoms with Gasteiger partial charge in [0, 0.05) is 49.8 Å². The van der Waals surface area contributed by atoms with Crippen LogP contribution >= 0.6 is 0 Å². The Bertz CT molecular complexity index is 4800. The summed E-state index contributed by atoms with van der Waals surface area (Å²) in [5, 5.41) is 2.27. The summed E-state index contributed by atoms with van der Waals surface area (Å²) in [7, 11) is 0. The number of hydrogen-bond acceptors (Lipinski definition) is 6. The van der Waals surface area contributed by atoms with Crippen LogP contribution in [0.4, 0.5) is 0 Å². The van der Waals surface area contributed by atoms with E-state index in [2.05, 4.69) is 235 Å². The predicted octanol–water partition coefficient (Wildman–Crippen LogP) is 19.5. The SMILES string of the molecule is c1ccc(-c2cc(-c3ccccc3)cc(-c3cccc(-c4nc(-c5ccccc5)nc(-c5cccc(-c6ccc7c(c6)c6cc(-c8cccc(-c9nc(-c%10ccccc%10)nc(-c%10ccccc%10)n9)c8)ccc6n7-c6ccccc6)c5)n4)c3)c2)cc1. The minimum atomic E-state index is 0.590. The maximum Gasteiger partial charge on any atom is 0.164 e. The zero-order valence-electron chi connectivity index (χ0n) is 46.1. The van der Waals surface area contributed by atoms with Gasteiger partial charge in [-0.1, -0.05) is 237 Å². The lowest BCUT2D eigenvalue weighted by molar-refractivity contribution is 1.07. The van der Waals surface area contributed by atoms with E-state index in [0.29, 0.717) is 34.9 Å². The van der Waals surface area contributed by atoms with Crippen molar-refractivity contribution >= 4 is 21.8 Å². The molecule has 0 aliphatic heterocycles. The summed E-state index contributed by atoms with van der Waals surface area (Å²) in [6.07, 6.45) is 0. The van der Waals surface area contributed by atoms with Gasteiger partial charge in [0.15, 0.2) is 34.9 Å². The van der Waals surface area contributed by atoms with Crippen LogP contribution in [0.25, 0.3) is 151 Å². The third kappa shape index (κ3) is 10.1. The number of aromatic nitrogens is 7. The molecule has 0 bridgehead atoms. The molecular formula is C78H51N7. The molecule has 0 aliphatic carbocycles. The van der Waals surface area contributed by atoms with Crippen LogP contribution in [0.5, 0.6) is 0 Å². The van der Waals surface area contributed by atoms with Gasteiger partial charge in [0.1, 0.15) is 0 Å². The van der Waals surface area contributed by atoms with Crippen LogP contribution in [0.2, 0.25) is 0 Å². The maximum atomic E-state index is 5.29. The molecule has 0 fully saturated rings. The second-order valence-corrected chi connectivity index (χ2v) is 21.1. The molecule has 0 N–H and O–H groups in total. The normalized spacial score (nSPS) is 11.3. The number of nitrogens with zero attached hydrogens (tertiary/aromatic N) is 7. The quantitative estimate of drug-likeness (QED) is 0.121. The zero-order valence-corrected chi connectivity index (χ0v) is 46.1. The molecule has 0 unspecified atom stereocenters. The topological polar surface area (TPSA) is 82.3 Å². The van der Waals surface area contributed by atoms with Gasteiger partial charge in [0.2, 0.25) is 0 Å². The highest BCUT2D eigenvalue weighted by Gasteiger charge is 2.19. The average molecular weight is 1090 g/mol. The molecule has 0 radical (unpaired) electrons. The lowest BCUT2D eigenvalue weighted by atomic mass is 9.93. The van der Waals surface area contributed by atoms with Crippen molar-refractivity contribution in [2.45, 2.75) is 0 Å². The predicted molar refractivity (Wildman–Crippen MR) is 347 cm³/mol. The standard InChI is InChI=1S/C78H51N7/c1-7-22-52(23-8-1)65-47-66(53-24-9-2-10-25-53)49-67(48-65)59-34-21-37-64(46-59)78-83-75(56-30-15-5-16-31-56)82-77(84-78)63-36-20-33-58(45-63)61-41-43-72-70(51-61)69-50-60(40-42-71(69)85(72)68-38-17-6-18-39-68)57-32-19-35-62(44-57)76-80-73(54-26-11-3-12-27-54)79-74(81-76)55-28-13-4-14-29-55/h1-51H. The van der Waals surface area contributed by atoms with Crippen molar-refractivity contribution in [3.8, 4) is 130 Å². The monoisotopic (exact) mass is 1090 g/mol. The Morgan fingerprint density at radius 2 is 0.400 bits per heavy atom. The van der Waals surface area contributed by atoms with Crippen molar-refractivity contribution in [1.29, 1.82) is 0 Å². The maximum absolute atomic E-state index is 5.29. The fraction of sp³-hybridized carbons (Fsp3) is 0. The van der Waals surface area contributed by atoms with Crippen LogP contribution in [0, 0.1) is 0 Å². The van der Waals surface area contributed by atoms with E-state index in [-0.39, 0.29) is 0 Å². The van der Waals surface area contributed by atoms with Gasteiger partial charge in [-0.3, -0.25) is 0 Å². The molecule has 0 aliphatic rings. The lowest BCUT2D eigenvalue weighted by Crippen LogP contribution is -2.00. The molecule has 3 aromatic heterocycles. The largest absolute Gasteiger partial charge is 0.309 e. The van der Waals surface area contributed by atoms with Crippen LogP contribution < -0.4 is 0 Å². The number of hydrogen-bond donors (Lipinski definition) is 0. The van der Waals surface area contributed by atoms with Gasteiger partial charge in [-0.25, -0.2) is 29.9 Å². The third-order valence-corrected chi connectivity index (χ3v) is 15.7. The summed E-state index contributed by atoms with van der Waals surface area (Å²) in [6.45, 7) is 0. The van der Waals surface area contributed by atoms with Gasteiger partial charge < -0.3 is 4.57 Å². The van der Waals surface area contributed by atoms with Gasteiger partial charge in [-0.15, -0.1) is 0 Å². The van der Waals surface area contributed by atoms with Gasteiger partial charge in [-0.2, -0.15) is 0 Å². The molecule has 3 heterocycles. The van der Waals surface area contributed by atoms with Gasteiger partial charge >= 0.3 is 0 Å². The highest BCUT2D eigenvalue weighted by molar-refractivity contribution is 6.12. The molecule has 7 heteroatoms. The molecule has 0 amide bonds. The molecule has 0 saturated carbocycles. The van der Waals surface area contributed by atoms with Crippen molar-refractivity contribution in [2.24, 2.45) is 0 Å². The summed E-state index contributed by atoms with van der Waals surface area (Å²) >= 11 is 0. The molecule has 0 saturated heterocycles. The number of rotatable bonds is 12. The number of fused-ring (bicyclic) bond motifs is 3. The van der Waals surface area contributed by atoms with E-state index in [0.717, 1.165) is 117 Å². The second kappa shape index (κ2) is 22.1. The first kappa shape index (κ1) is 50.4. The summed E-state index contributed by atoms with van der Waals surface area (Å²) in [4.78, 5) is 30.7. The van der Waals surface area contributed by atoms with Crippen LogP contribution in [0.15, 0.2) is 309 Å². The Morgan fingerprint density at radius 3 is 0.741 bits per heavy atom. The Balaban J connectivity index is 0.820. The third-order valence-electron chi connectivity index (χ3n) is 15.7. The number of benzene rings is 12. The Morgan fingerprint density at radius 1 is 0.165 bits per heavy atom.